The van der Waals surface area contributed by atoms with Crippen LogP contribution in [0.3, 0.4) is 0 Å². The minimum absolute atomic E-state index is 0.00743. The molecule has 1 aromatic heterocycles. The summed E-state index contributed by atoms with van der Waals surface area (Å²) in [4.78, 5) is 37.2. The highest BCUT2D eigenvalue weighted by molar-refractivity contribution is 5.89. The van der Waals surface area contributed by atoms with E-state index in [0.29, 0.717) is 31.4 Å². The number of nitrogens with one attached hydrogen (secondary N) is 1. The van der Waals surface area contributed by atoms with Crippen molar-refractivity contribution in [3.8, 4) is 0 Å². The van der Waals surface area contributed by atoms with Gasteiger partial charge >= 0.3 is 12.2 Å². The second-order valence-corrected chi connectivity index (χ2v) is 9.23. The van der Waals surface area contributed by atoms with E-state index in [1.54, 1.807) is 6.20 Å². The van der Waals surface area contributed by atoms with Crippen LogP contribution in [0.2, 0.25) is 0 Å². The van der Waals surface area contributed by atoms with E-state index in [4.69, 9.17) is 9.84 Å². The van der Waals surface area contributed by atoms with Crippen molar-refractivity contribution in [2.75, 3.05) is 42.9 Å². The summed E-state index contributed by atoms with van der Waals surface area (Å²) < 4.78 is 5.14. The molecule has 174 valence electrons. The summed E-state index contributed by atoms with van der Waals surface area (Å²) >= 11 is 0. The van der Waals surface area contributed by atoms with E-state index in [1.165, 1.54) is 15.4 Å². The number of ether oxygens (including phenoxy) is 1. The zero-order valence-corrected chi connectivity index (χ0v) is 18.8. The van der Waals surface area contributed by atoms with Gasteiger partial charge in [-0.05, 0) is 25.0 Å². The summed E-state index contributed by atoms with van der Waals surface area (Å²) in [5.74, 6) is 1.07. The van der Waals surface area contributed by atoms with Crippen LogP contribution in [0, 0.1) is 5.41 Å². The van der Waals surface area contributed by atoms with E-state index in [0.717, 1.165) is 30.8 Å². The van der Waals surface area contributed by atoms with Crippen molar-refractivity contribution >= 4 is 24.0 Å². The zero-order valence-electron chi connectivity index (χ0n) is 18.8. The van der Waals surface area contributed by atoms with Crippen LogP contribution in [0.4, 0.5) is 21.4 Å². The Balaban J connectivity index is 1.16. The Morgan fingerprint density at radius 3 is 2.64 bits per heavy atom. The Kier molecular flexibility index (Phi) is 5.32. The summed E-state index contributed by atoms with van der Waals surface area (Å²) in [6, 6.07) is 8.46. The van der Waals surface area contributed by atoms with Gasteiger partial charge in [-0.15, -0.1) is 0 Å². The van der Waals surface area contributed by atoms with Crippen molar-refractivity contribution in [3.05, 3.63) is 47.2 Å². The predicted octanol–water partition coefficient (Wildman–Crippen LogP) is 2.92. The standard InChI is InChI=1S/C23H28N6O4/c1-3-29-19-18(10-33-22(29)32)8-24-20(26-19)25-15(2)17-6-4-16(5-7-17)9-27-11-23(12-27)13-28(14-23)21(30)31/h4-8,15H,3,9-14H2,1-2H3,(H,30,31)(H,24,25,26). The van der Waals surface area contributed by atoms with Crippen LogP contribution in [0.25, 0.3) is 0 Å². The Labute approximate surface area is 192 Å². The minimum atomic E-state index is -0.816. The molecule has 5 rings (SSSR count). The lowest BCUT2D eigenvalue weighted by Gasteiger charge is -2.59. The normalized spacial score (nSPS) is 19.9. The molecule has 1 aromatic carbocycles. The number of carbonyl (C=O) groups excluding carboxylic acids is 1. The van der Waals surface area contributed by atoms with Gasteiger partial charge in [-0.2, -0.15) is 4.98 Å². The van der Waals surface area contributed by atoms with Crippen molar-refractivity contribution < 1.29 is 19.4 Å². The summed E-state index contributed by atoms with van der Waals surface area (Å²) in [6.45, 7) is 8.69. The predicted molar refractivity (Wildman–Crippen MR) is 121 cm³/mol. The van der Waals surface area contributed by atoms with Crippen LogP contribution in [-0.4, -0.2) is 69.8 Å². The molecule has 3 aliphatic rings. The molecule has 0 saturated carbocycles. The number of cyclic esters (lactones) is 1. The molecule has 3 aliphatic heterocycles. The van der Waals surface area contributed by atoms with Crippen LogP contribution in [-0.2, 0) is 17.9 Å². The van der Waals surface area contributed by atoms with E-state index in [2.05, 4.69) is 44.5 Å². The molecule has 0 aliphatic carbocycles. The van der Waals surface area contributed by atoms with Gasteiger partial charge in [0.25, 0.3) is 0 Å². The van der Waals surface area contributed by atoms with Gasteiger partial charge in [-0.1, -0.05) is 24.3 Å². The molecule has 1 spiro atoms. The highest BCUT2D eigenvalue weighted by atomic mass is 16.6. The number of carboxylic acid groups (broad SMARTS) is 1. The number of amides is 2. The first kappa shape index (κ1) is 21.4. The summed E-state index contributed by atoms with van der Waals surface area (Å²) in [5.41, 5.74) is 3.32. The van der Waals surface area contributed by atoms with Gasteiger partial charge in [0, 0.05) is 50.9 Å². The van der Waals surface area contributed by atoms with Crippen LogP contribution in [0.5, 0.6) is 0 Å². The van der Waals surface area contributed by atoms with Gasteiger partial charge < -0.3 is 20.1 Å². The number of rotatable bonds is 6. The van der Waals surface area contributed by atoms with Crippen molar-refractivity contribution in [1.29, 1.82) is 0 Å². The van der Waals surface area contributed by atoms with Crippen LogP contribution in [0.15, 0.2) is 30.5 Å². The second kappa shape index (κ2) is 8.18. The average Bonchev–Trinajstić information content (AvgIpc) is 2.74. The van der Waals surface area contributed by atoms with Crippen molar-refractivity contribution in [1.82, 2.24) is 19.8 Å². The molecule has 10 heteroatoms. The van der Waals surface area contributed by atoms with Gasteiger partial charge in [0.05, 0.1) is 11.6 Å². The van der Waals surface area contributed by atoms with Gasteiger partial charge in [-0.3, -0.25) is 9.80 Å². The van der Waals surface area contributed by atoms with Crippen molar-refractivity contribution in [3.63, 3.8) is 0 Å². The number of fused-ring (bicyclic) bond motifs is 1. The van der Waals surface area contributed by atoms with E-state index >= 15 is 0 Å². The quantitative estimate of drug-likeness (QED) is 0.688. The molecule has 2 amide bonds. The molecule has 1 atom stereocenters. The fraction of sp³-hybridized carbons (Fsp3) is 0.478. The molecule has 4 heterocycles. The van der Waals surface area contributed by atoms with E-state index in [9.17, 15) is 9.59 Å². The summed E-state index contributed by atoms with van der Waals surface area (Å²) in [5, 5.41) is 12.3. The number of anilines is 2. The first-order valence-corrected chi connectivity index (χ1v) is 11.2. The SMILES string of the molecule is CCN1C(=O)OCc2cnc(NC(C)c3ccc(CN4CC5(C4)CN(C(=O)O)C5)cc3)nc21. The van der Waals surface area contributed by atoms with Gasteiger partial charge in [0.1, 0.15) is 12.4 Å². The Morgan fingerprint density at radius 1 is 1.24 bits per heavy atom. The number of aromatic nitrogens is 2. The first-order valence-electron chi connectivity index (χ1n) is 11.2. The second-order valence-electron chi connectivity index (χ2n) is 9.23. The average molecular weight is 453 g/mol. The number of carbonyl (C=O) groups is 2. The monoisotopic (exact) mass is 452 g/mol. The van der Waals surface area contributed by atoms with Crippen molar-refractivity contribution in [2.45, 2.75) is 33.0 Å². The van der Waals surface area contributed by atoms with E-state index in [1.807, 2.05) is 13.8 Å². The van der Waals surface area contributed by atoms with E-state index in [-0.39, 0.29) is 24.2 Å². The Hall–Kier alpha value is -3.40. The maximum Gasteiger partial charge on any atom is 0.415 e. The smallest absolute Gasteiger partial charge is 0.415 e. The minimum Gasteiger partial charge on any atom is -0.465 e. The molecule has 10 nitrogen and oxygen atoms in total. The van der Waals surface area contributed by atoms with Gasteiger partial charge in [0.2, 0.25) is 5.95 Å². The fourth-order valence-corrected chi connectivity index (χ4v) is 4.95. The number of benzene rings is 1. The third kappa shape index (κ3) is 4.06. The molecular weight excluding hydrogens is 424 g/mol. The third-order valence-electron chi connectivity index (χ3n) is 6.66. The zero-order chi connectivity index (χ0) is 23.2. The molecule has 0 radical (unpaired) electrons. The van der Waals surface area contributed by atoms with Gasteiger partial charge in [0.15, 0.2) is 0 Å². The maximum atomic E-state index is 12.0. The lowest BCUT2D eigenvalue weighted by atomic mass is 9.73. The number of hydrogen-bond donors (Lipinski definition) is 2. The van der Waals surface area contributed by atoms with Gasteiger partial charge in [-0.25, -0.2) is 14.6 Å². The lowest BCUT2D eigenvalue weighted by molar-refractivity contribution is -0.105. The molecule has 2 fully saturated rings. The van der Waals surface area contributed by atoms with Crippen LogP contribution >= 0.6 is 0 Å². The fourth-order valence-electron chi connectivity index (χ4n) is 4.95. The Morgan fingerprint density at radius 2 is 1.97 bits per heavy atom. The van der Waals surface area contributed by atoms with Crippen LogP contribution in [0.1, 0.15) is 36.6 Å². The molecule has 1 unspecified atom stereocenters. The summed E-state index contributed by atoms with van der Waals surface area (Å²) in [7, 11) is 0. The molecular formula is C23H28N6O4. The topological polar surface area (TPSA) is 111 Å². The molecule has 33 heavy (non-hydrogen) atoms. The largest absolute Gasteiger partial charge is 0.465 e. The number of nitrogens with zero attached hydrogens (tertiary/aromatic N) is 5. The molecule has 2 N–H and O–H groups in total. The number of likely N-dealkylation sites (tertiary alicyclic amines) is 2. The third-order valence-corrected chi connectivity index (χ3v) is 6.66. The van der Waals surface area contributed by atoms with Crippen molar-refractivity contribution in [2.24, 2.45) is 5.41 Å². The highest BCUT2D eigenvalue weighted by Crippen LogP contribution is 2.40. The number of hydrogen-bond acceptors (Lipinski definition) is 7. The molecule has 0 bridgehead atoms. The molecule has 2 aromatic rings. The van der Waals surface area contributed by atoms with Crippen LogP contribution < -0.4 is 10.2 Å². The van der Waals surface area contributed by atoms with E-state index < -0.39 is 6.09 Å². The molecule has 2 saturated heterocycles. The first-order chi connectivity index (χ1) is 15.9. The lowest BCUT2D eigenvalue weighted by Crippen LogP contribution is -2.72. The Bertz CT molecular complexity index is 1060. The maximum absolute atomic E-state index is 12.0. The summed E-state index contributed by atoms with van der Waals surface area (Å²) in [6.07, 6.45) is 0.499. The highest BCUT2D eigenvalue weighted by Gasteiger charge is 2.52.